The third kappa shape index (κ3) is 2.97. The van der Waals surface area contributed by atoms with Crippen LogP contribution in [-0.4, -0.2) is 70.0 Å². The van der Waals surface area contributed by atoms with Gasteiger partial charge in [-0.05, 0) is 26.2 Å². The monoisotopic (exact) mass is 268 g/mol. The number of piperazine rings is 1. The lowest BCUT2D eigenvalue weighted by molar-refractivity contribution is -0.0542. The van der Waals surface area contributed by atoms with E-state index in [9.17, 15) is 10.2 Å². The van der Waals surface area contributed by atoms with E-state index in [0.29, 0.717) is 12.1 Å². The maximum Gasteiger partial charge on any atom is 0.0774 e. The zero-order valence-electron chi connectivity index (χ0n) is 12.1. The molecule has 3 fully saturated rings. The van der Waals surface area contributed by atoms with Gasteiger partial charge >= 0.3 is 0 Å². The fourth-order valence-corrected chi connectivity index (χ4v) is 4.24. The number of β-amino-alcohol motifs (C(OH)–C–C–N with tert-alkyl or cyclic N) is 1. The molecule has 4 nitrogen and oxygen atoms in total. The summed E-state index contributed by atoms with van der Waals surface area (Å²) < 4.78 is 0. The van der Waals surface area contributed by atoms with Crippen molar-refractivity contribution in [1.29, 1.82) is 0 Å². The minimum atomic E-state index is -0.452. The van der Waals surface area contributed by atoms with Crippen molar-refractivity contribution in [3.8, 4) is 0 Å². The second-order valence-corrected chi connectivity index (χ2v) is 7.06. The molecule has 2 N–H and O–H groups in total. The average Bonchev–Trinajstić information content (AvgIpc) is 2.69. The fourth-order valence-electron chi connectivity index (χ4n) is 4.24. The number of aliphatic hydroxyl groups excluding tert-OH is 1. The molecular weight excluding hydrogens is 240 g/mol. The van der Waals surface area contributed by atoms with E-state index in [0.717, 1.165) is 45.4 Å². The molecule has 4 heteroatoms. The van der Waals surface area contributed by atoms with Gasteiger partial charge in [-0.3, -0.25) is 9.80 Å². The molecule has 110 valence electrons. The van der Waals surface area contributed by atoms with Crippen LogP contribution < -0.4 is 0 Å². The van der Waals surface area contributed by atoms with E-state index in [1.807, 2.05) is 0 Å². The lowest BCUT2D eigenvalue weighted by atomic mass is 9.84. The number of nitrogens with zero attached hydrogens (tertiary/aromatic N) is 2. The van der Waals surface area contributed by atoms with Crippen LogP contribution in [0, 0.1) is 0 Å². The maximum atomic E-state index is 10.7. The molecule has 0 aromatic heterocycles. The third-order valence-electron chi connectivity index (χ3n) is 5.35. The van der Waals surface area contributed by atoms with Gasteiger partial charge in [-0.25, -0.2) is 0 Å². The smallest absolute Gasteiger partial charge is 0.0774 e. The van der Waals surface area contributed by atoms with Crippen molar-refractivity contribution in [2.45, 2.75) is 69.2 Å². The van der Waals surface area contributed by atoms with Crippen molar-refractivity contribution in [1.82, 2.24) is 9.80 Å². The molecule has 1 aliphatic carbocycles. The van der Waals surface area contributed by atoms with Crippen LogP contribution in [0.3, 0.4) is 0 Å². The highest BCUT2D eigenvalue weighted by Crippen LogP contribution is 2.32. The highest BCUT2D eigenvalue weighted by molar-refractivity contribution is 4.96. The normalized spacial score (nSPS) is 40.3. The average molecular weight is 268 g/mol. The van der Waals surface area contributed by atoms with E-state index in [4.69, 9.17) is 0 Å². The summed E-state index contributed by atoms with van der Waals surface area (Å²) in [4.78, 5) is 4.89. The molecule has 0 bridgehead atoms. The Hall–Kier alpha value is -0.160. The van der Waals surface area contributed by atoms with Crippen LogP contribution in [0.2, 0.25) is 0 Å². The molecule has 2 aliphatic heterocycles. The summed E-state index contributed by atoms with van der Waals surface area (Å²) in [6.07, 6.45) is 6.32. The zero-order valence-corrected chi connectivity index (χ0v) is 12.1. The van der Waals surface area contributed by atoms with Gasteiger partial charge in [0.15, 0.2) is 0 Å². The van der Waals surface area contributed by atoms with Crippen LogP contribution in [0.1, 0.15) is 45.4 Å². The Bertz CT molecular complexity index is 317. The van der Waals surface area contributed by atoms with Crippen LogP contribution in [0.4, 0.5) is 0 Å². The molecule has 3 aliphatic rings. The molecule has 0 amide bonds. The van der Waals surface area contributed by atoms with Gasteiger partial charge in [-0.2, -0.15) is 0 Å². The van der Waals surface area contributed by atoms with Crippen LogP contribution in [0.15, 0.2) is 0 Å². The minimum absolute atomic E-state index is 0.144. The fraction of sp³-hybridized carbons (Fsp3) is 1.00. The molecule has 19 heavy (non-hydrogen) atoms. The summed E-state index contributed by atoms with van der Waals surface area (Å²) >= 11 is 0. The summed E-state index contributed by atoms with van der Waals surface area (Å²) in [5.74, 6) is 0. The van der Waals surface area contributed by atoms with Gasteiger partial charge in [0.1, 0.15) is 0 Å². The number of hydrogen-bond donors (Lipinski definition) is 2. The molecule has 2 heterocycles. The standard InChI is InChI=1S/C15H28N2O2/c1-12-8-16-10-14(18)7-13(16)9-17(12)11-15(19)5-3-2-4-6-15/h12-14,18-19H,2-11H2,1H3/t12-,13?,14+/m0/s1. The molecular formula is C15H28N2O2. The number of hydrogen-bond acceptors (Lipinski definition) is 4. The number of aliphatic hydroxyl groups is 2. The van der Waals surface area contributed by atoms with Gasteiger partial charge < -0.3 is 10.2 Å². The third-order valence-corrected chi connectivity index (χ3v) is 5.35. The van der Waals surface area contributed by atoms with Gasteiger partial charge in [-0.15, -0.1) is 0 Å². The summed E-state index contributed by atoms with van der Waals surface area (Å²) in [7, 11) is 0. The van der Waals surface area contributed by atoms with Crippen molar-refractivity contribution in [3.63, 3.8) is 0 Å². The summed E-state index contributed by atoms with van der Waals surface area (Å²) in [5.41, 5.74) is -0.452. The minimum Gasteiger partial charge on any atom is -0.392 e. The van der Waals surface area contributed by atoms with Gasteiger partial charge in [0, 0.05) is 38.3 Å². The molecule has 0 aromatic carbocycles. The molecule has 1 unspecified atom stereocenters. The zero-order chi connectivity index (χ0) is 13.5. The summed E-state index contributed by atoms with van der Waals surface area (Å²) in [5, 5.41) is 20.5. The molecule has 0 spiro atoms. The predicted molar refractivity (Wildman–Crippen MR) is 75.1 cm³/mol. The van der Waals surface area contributed by atoms with E-state index >= 15 is 0 Å². The van der Waals surface area contributed by atoms with Crippen LogP contribution in [-0.2, 0) is 0 Å². The highest BCUT2D eigenvalue weighted by atomic mass is 16.3. The van der Waals surface area contributed by atoms with Gasteiger partial charge in [0.05, 0.1) is 11.7 Å². The first-order valence-corrected chi connectivity index (χ1v) is 7.94. The Balaban J connectivity index is 1.61. The second kappa shape index (κ2) is 5.32. The van der Waals surface area contributed by atoms with Gasteiger partial charge in [-0.1, -0.05) is 19.3 Å². The summed E-state index contributed by atoms with van der Waals surface area (Å²) in [6, 6.07) is 0.992. The molecule has 1 saturated carbocycles. The van der Waals surface area contributed by atoms with Gasteiger partial charge in [0.25, 0.3) is 0 Å². The van der Waals surface area contributed by atoms with Crippen molar-refractivity contribution in [2.24, 2.45) is 0 Å². The van der Waals surface area contributed by atoms with Crippen molar-refractivity contribution >= 4 is 0 Å². The van der Waals surface area contributed by atoms with Crippen molar-refractivity contribution in [2.75, 3.05) is 26.2 Å². The Labute approximate surface area is 116 Å². The first-order chi connectivity index (χ1) is 9.06. The van der Waals surface area contributed by atoms with E-state index in [1.54, 1.807) is 0 Å². The Morgan fingerprint density at radius 1 is 1.11 bits per heavy atom. The first kappa shape index (κ1) is 13.8. The Morgan fingerprint density at radius 3 is 2.58 bits per heavy atom. The lowest BCUT2D eigenvalue weighted by Gasteiger charge is -2.46. The topological polar surface area (TPSA) is 46.9 Å². The first-order valence-electron chi connectivity index (χ1n) is 7.94. The predicted octanol–water partition coefficient (Wildman–Crippen LogP) is 0.821. The maximum absolute atomic E-state index is 10.7. The van der Waals surface area contributed by atoms with E-state index < -0.39 is 5.60 Å². The largest absolute Gasteiger partial charge is 0.392 e. The molecule has 0 radical (unpaired) electrons. The van der Waals surface area contributed by atoms with Crippen molar-refractivity contribution in [3.05, 3.63) is 0 Å². The SMILES string of the molecule is C[C@H]1CN2C[C@H](O)CC2CN1CC1(O)CCCCC1. The van der Waals surface area contributed by atoms with Crippen LogP contribution >= 0.6 is 0 Å². The molecule has 2 saturated heterocycles. The Kier molecular flexibility index (Phi) is 3.87. The van der Waals surface area contributed by atoms with E-state index in [2.05, 4.69) is 16.7 Å². The van der Waals surface area contributed by atoms with Gasteiger partial charge in [0.2, 0.25) is 0 Å². The Morgan fingerprint density at radius 2 is 1.84 bits per heavy atom. The van der Waals surface area contributed by atoms with Crippen LogP contribution in [0.5, 0.6) is 0 Å². The quantitative estimate of drug-likeness (QED) is 0.778. The summed E-state index contributed by atoms with van der Waals surface area (Å²) in [6.45, 7) is 5.98. The molecule has 0 aromatic rings. The van der Waals surface area contributed by atoms with E-state index in [-0.39, 0.29) is 6.10 Å². The highest BCUT2D eigenvalue weighted by Gasteiger charge is 2.41. The molecule has 3 atom stereocenters. The number of fused-ring (bicyclic) bond motifs is 1. The van der Waals surface area contributed by atoms with E-state index in [1.165, 1.54) is 19.3 Å². The number of rotatable bonds is 2. The molecule has 3 rings (SSSR count). The second-order valence-electron chi connectivity index (χ2n) is 7.06. The van der Waals surface area contributed by atoms with Crippen LogP contribution in [0.25, 0.3) is 0 Å². The van der Waals surface area contributed by atoms with Crippen molar-refractivity contribution < 1.29 is 10.2 Å². The lowest BCUT2D eigenvalue weighted by Crippen LogP contribution is -2.58.